The number of likely N-dealkylation sites (tertiary alicyclic amines) is 1. The van der Waals surface area contributed by atoms with Gasteiger partial charge in [0.05, 0.1) is 11.6 Å². The molecule has 1 aliphatic rings. The van der Waals surface area contributed by atoms with Crippen molar-refractivity contribution in [1.29, 1.82) is 0 Å². The largest absolute Gasteiger partial charge is 0.416 e. The zero-order valence-corrected chi connectivity index (χ0v) is 18.6. The molecular weight excluding hydrogens is 407 g/mol. The Hall–Kier alpha value is -2.29. The molecule has 0 aromatic heterocycles. The van der Waals surface area contributed by atoms with Crippen LogP contribution in [0.3, 0.4) is 0 Å². The highest BCUT2D eigenvalue weighted by atomic mass is 19.4. The summed E-state index contributed by atoms with van der Waals surface area (Å²) in [7, 11) is 3.59. The second-order valence-corrected chi connectivity index (χ2v) is 7.91. The lowest BCUT2D eigenvalue weighted by Crippen LogP contribution is -2.43. The fourth-order valence-electron chi connectivity index (χ4n) is 3.66. The molecule has 1 atom stereocenters. The second kappa shape index (κ2) is 11.9. The van der Waals surface area contributed by atoms with Gasteiger partial charge in [0, 0.05) is 40.3 Å². The van der Waals surface area contributed by atoms with E-state index >= 15 is 0 Å². The maximum Gasteiger partial charge on any atom is 0.416 e. The number of alkyl halides is 3. The Balaban J connectivity index is 1.76. The number of nitrogens with one attached hydrogen (secondary N) is 2. The van der Waals surface area contributed by atoms with E-state index in [0.29, 0.717) is 25.5 Å². The van der Waals surface area contributed by atoms with Gasteiger partial charge in [-0.3, -0.25) is 14.7 Å². The van der Waals surface area contributed by atoms with Gasteiger partial charge in [-0.1, -0.05) is 12.1 Å². The smallest absolute Gasteiger partial charge is 0.357 e. The summed E-state index contributed by atoms with van der Waals surface area (Å²) in [5, 5.41) is 6.41. The highest BCUT2D eigenvalue weighted by Crippen LogP contribution is 2.29. The van der Waals surface area contributed by atoms with E-state index in [0.717, 1.165) is 56.6 Å². The van der Waals surface area contributed by atoms with Crippen molar-refractivity contribution in [3.8, 4) is 0 Å². The topological polar surface area (TPSA) is 60.0 Å². The number of rotatable bonds is 9. The molecule has 6 nitrogen and oxygen atoms in total. The maximum atomic E-state index is 12.6. The van der Waals surface area contributed by atoms with Crippen LogP contribution in [0, 0.1) is 0 Å². The molecule has 1 fully saturated rings. The molecule has 0 bridgehead atoms. The summed E-state index contributed by atoms with van der Waals surface area (Å²) in [4.78, 5) is 20.7. The Morgan fingerprint density at radius 3 is 2.55 bits per heavy atom. The quantitative estimate of drug-likeness (QED) is 0.352. The average Bonchev–Trinajstić information content (AvgIpc) is 3.18. The van der Waals surface area contributed by atoms with Crippen LogP contribution in [-0.4, -0.2) is 74.5 Å². The lowest BCUT2D eigenvalue weighted by atomic mass is 10.1. The van der Waals surface area contributed by atoms with Gasteiger partial charge < -0.3 is 15.5 Å². The summed E-state index contributed by atoms with van der Waals surface area (Å²) < 4.78 is 37.9. The van der Waals surface area contributed by atoms with Gasteiger partial charge in [0.25, 0.3) is 0 Å². The van der Waals surface area contributed by atoms with Crippen LogP contribution in [0.1, 0.15) is 37.3 Å². The summed E-state index contributed by atoms with van der Waals surface area (Å²) in [6.45, 7) is 5.68. The molecule has 9 heteroatoms. The first kappa shape index (κ1) is 25.0. The van der Waals surface area contributed by atoms with Gasteiger partial charge >= 0.3 is 6.18 Å². The number of benzene rings is 1. The van der Waals surface area contributed by atoms with E-state index in [1.54, 1.807) is 19.0 Å². The number of likely N-dealkylation sites (N-methyl/N-ethyl adjacent to an activating group) is 1. The van der Waals surface area contributed by atoms with Crippen molar-refractivity contribution in [1.82, 2.24) is 20.4 Å². The number of carbonyl (C=O) groups excluding carboxylic acids is 1. The third-order valence-corrected chi connectivity index (χ3v) is 5.29. The predicted octanol–water partition coefficient (Wildman–Crippen LogP) is 2.75. The van der Waals surface area contributed by atoms with Crippen LogP contribution in [0.4, 0.5) is 13.2 Å². The highest BCUT2D eigenvalue weighted by Gasteiger charge is 2.31. The molecular formula is C22H34F3N5O. The Morgan fingerprint density at radius 1 is 1.23 bits per heavy atom. The molecule has 1 saturated heterocycles. The van der Waals surface area contributed by atoms with Gasteiger partial charge in [0.15, 0.2) is 5.96 Å². The van der Waals surface area contributed by atoms with Crippen molar-refractivity contribution in [3.63, 3.8) is 0 Å². The van der Waals surface area contributed by atoms with Gasteiger partial charge in [0.1, 0.15) is 0 Å². The number of nitrogens with zero attached hydrogens (tertiary/aromatic N) is 3. The number of hydrogen-bond acceptors (Lipinski definition) is 3. The summed E-state index contributed by atoms with van der Waals surface area (Å²) in [5.74, 6) is 0.857. The molecule has 2 N–H and O–H groups in total. The molecule has 1 amide bonds. The fraction of sp³-hybridized carbons (Fsp3) is 0.636. The van der Waals surface area contributed by atoms with Crippen LogP contribution in [0.15, 0.2) is 29.3 Å². The van der Waals surface area contributed by atoms with Gasteiger partial charge in [-0.05, 0) is 56.8 Å². The standard InChI is InChI=1S/C22H34F3N5O/c1-4-26-21(28-14-12-17-8-10-18(11-9-17)22(23,24)25)27-13-6-16-30-15-5-7-19(30)20(31)29(2)3/h8-11,19H,4-7,12-16H2,1-3H3,(H2,26,27,28). The molecule has 0 spiro atoms. The summed E-state index contributed by atoms with van der Waals surface area (Å²) in [5.41, 5.74) is 0.202. The molecule has 1 heterocycles. The fourth-order valence-corrected chi connectivity index (χ4v) is 3.66. The van der Waals surface area contributed by atoms with E-state index in [9.17, 15) is 18.0 Å². The van der Waals surface area contributed by atoms with Crippen molar-refractivity contribution in [3.05, 3.63) is 35.4 Å². The van der Waals surface area contributed by atoms with E-state index < -0.39 is 11.7 Å². The first-order chi connectivity index (χ1) is 14.7. The SMILES string of the molecule is CCNC(=NCCCN1CCCC1C(=O)N(C)C)NCCc1ccc(C(F)(F)F)cc1. The van der Waals surface area contributed by atoms with Crippen LogP contribution in [0.2, 0.25) is 0 Å². The number of halogens is 3. The van der Waals surface area contributed by atoms with Crippen molar-refractivity contribution < 1.29 is 18.0 Å². The van der Waals surface area contributed by atoms with Gasteiger partial charge in [0.2, 0.25) is 5.91 Å². The van der Waals surface area contributed by atoms with E-state index in [4.69, 9.17) is 0 Å². The molecule has 0 aliphatic carbocycles. The predicted molar refractivity (Wildman–Crippen MR) is 117 cm³/mol. The molecule has 2 rings (SSSR count). The normalized spacial score (nSPS) is 17.6. The van der Waals surface area contributed by atoms with Gasteiger partial charge in [-0.2, -0.15) is 13.2 Å². The molecule has 1 aromatic carbocycles. The first-order valence-electron chi connectivity index (χ1n) is 10.9. The zero-order valence-electron chi connectivity index (χ0n) is 18.6. The average molecular weight is 442 g/mol. The summed E-state index contributed by atoms with van der Waals surface area (Å²) >= 11 is 0. The molecule has 0 saturated carbocycles. The van der Waals surface area contributed by atoms with E-state index in [1.807, 2.05) is 6.92 Å². The van der Waals surface area contributed by atoms with Crippen molar-refractivity contribution in [2.24, 2.45) is 4.99 Å². The number of carbonyl (C=O) groups is 1. The Labute approximate surface area is 182 Å². The van der Waals surface area contributed by atoms with Crippen LogP contribution in [0.25, 0.3) is 0 Å². The van der Waals surface area contributed by atoms with Crippen LogP contribution < -0.4 is 10.6 Å². The van der Waals surface area contributed by atoms with Crippen molar-refractivity contribution in [2.45, 2.75) is 44.8 Å². The maximum absolute atomic E-state index is 12.6. The number of amides is 1. The number of aliphatic imine (C=N–C) groups is 1. The van der Waals surface area contributed by atoms with Crippen LogP contribution in [-0.2, 0) is 17.4 Å². The lowest BCUT2D eigenvalue weighted by Gasteiger charge is -2.25. The molecule has 0 radical (unpaired) electrons. The monoisotopic (exact) mass is 441 g/mol. The molecule has 1 aliphatic heterocycles. The minimum Gasteiger partial charge on any atom is -0.357 e. The molecule has 174 valence electrons. The third kappa shape index (κ3) is 8.05. The van der Waals surface area contributed by atoms with Gasteiger partial charge in [-0.15, -0.1) is 0 Å². The zero-order chi connectivity index (χ0) is 22.9. The Morgan fingerprint density at radius 2 is 1.94 bits per heavy atom. The van der Waals surface area contributed by atoms with Crippen LogP contribution >= 0.6 is 0 Å². The van der Waals surface area contributed by atoms with E-state index in [2.05, 4.69) is 20.5 Å². The second-order valence-electron chi connectivity index (χ2n) is 7.91. The third-order valence-electron chi connectivity index (χ3n) is 5.29. The van der Waals surface area contributed by atoms with E-state index in [-0.39, 0.29) is 11.9 Å². The minimum atomic E-state index is -4.31. The number of guanidine groups is 1. The van der Waals surface area contributed by atoms with Crippen LogP contribution in [0.5, 0.6) is 0 Å². The van der Waals surface area contributed by atoms with Crippen molar-refractivity contribution >= 4 is 11.9 Å². The first-order valence-corrected chi connectivity index (χ1v) is 10.9. The molecule has 1 aromatic rings. The van der Waals surface area contributed by atoms with E-state index in [1.165, 1.54) is 12.1 Å². The minimum absolute atomic E-state index is 0.0194. The van der Waals surface area contributed by atoms with Crippen molar-refractivity contribution in [2.75, 3.05) is 46.8 Å². The molecule has 1 unspecified atom stereocenters. The summed E-state index contributed by atoms with van der Waals surface area (Å²) in [6, 6.07) is 5.23. The summed E-state index contributed by atoms with van der Waals surface area (Å²) in [6.07, 6.45) is -0.899. The van der Waals surface area contributed by atoms with Gasteiger partial charge in [-0.25, -0.2) is 0 Å². The molecule has 31 heavy (non-hydrogen) atoms. The number of hydrogen-bond donors (Lipinski definition) is 2. The Bertz CT molecular complexity index is 719. The highest BCUT2D eigenvalue weighted by molar-refractivity contribution is 5.81. The Kier molecular flexibility index (Phi) is 9.61. The lowest BCUT2D eigenvalue weighted by molar-refractivity contribution is -0.137.